The van der Waals surface area contributed by atoms with Crippen molar-refractivity contribution in [3.05, 3.63) is 35.4 Å². The minimum Gasteiger partial charge on any atom is -0.357 e. The van der Waals surface area contributed by atoms with E-state index in [1.165, 1.54) is 31.5 Å². The van der Waals surface area contributed by atoms with Crippen LogP contribution in [-0.2, 0) is 22.9 Å². The molecule has 1 aromatic carbocycles. The van der Waals surface area contributed by atoms with E-state index in [1.807, 2.05) is 6.92 Å². The summed E-state index contributed by atoms with van der Waals surface area (Å²) in [6.07, 6.45) is 2.62. The van der Waals surface area contributed by atoms with Crippen LogP contribution in [0.3, 0.4) is 0 Å². The highest BCUT2D eigenvalue weighted by Gasteiger charge is 2.28. The van der Waals surface area contributed by atoms with Crippen molar-refractivity contribution in [2.24, 2.45) is 4.99 Å². The first kappa shape index (κ1) is 26.2. The molecule has 0 saturated carbocycles. The number of likely N-dealkylation sites (tertiary alicyclic amines) is 1. The van der Waals surface area contributed by atoms with Crippen LogP contribution in [0.4, 0.5) is 0 Å². The van der Waals surface area contributed by atoms with Crippen molar-refractivity contribution in [3.63, 3.8) is 0 Å². The van der Waals surface area contributed by atoms with Gasteiger partial charge >= 0.3 is 0 Å². The highest BCUT2D eigenvalue weighted by Crippen LogP contribution is 2.15. The third kappa shape index (κ3) is 8.80. The summed E-state index contributed by atoms with van der Waals surface area (Å²) in [6, 6.07) is 8.62. The molecule has 2 N–H and O–H groups in total. The Hall–Kier alpha value is -0.870. The second-order valence-electron chi connectivity index (χ2n) is 8.35. The molecule has 166 valence electrons. The van der Waals surface area contributed by atoms with Crippen molar-refractivity contribution in [2.75, 3.05) is 31.9 Å². The molecule has 0 bridgehead atoms. The molecular weight excluding hydrogens is 499 g/mol. The zero-order valence-electron chi connectivity index (χ0n) is 18.2. The third-order valence-corrected chi connectivity index (χ3v) is 7.60. The third-order valence-electron chi connectivity index (χ3n) is 4.99. The van der Waals surface area contributed by atoms with Crippen LogP contribution in [0.5, 0.6) is 0 Å². The average molecular weight is 537 g/mol. The standard InChI is InChI=1S/C21H36N4O2S.HI/c1-5-22-20(23-12-15-28(26,27)21(2,3)4)24-16-18-8-10-19(11-9-18)17-25-13-6-7-14-25;/h8-11H,5-7,12-17H2,1-4H3,(H2,22,23,24);1H. The molecule has 1 aromatic rings. The molecule has 0 spiro atoms. The van der Waals surface area contributed by atoms with E-state index in [-0.39, 0.29) is 29.7 Å². The molecule has 8 heteroatoms. The SMILES string of the molecule is CCNC(=NCc1ccc(CN2CCCC2)cc1)NCCS(=O)(=O)C(C)(C)C.I. The van der Waals surface area contributed by atoms with Crippen molar-refractivity contribution in [2.45, 2.75) is 58.4 Å². The van der Waals surface area contributed by atoms with Gasteiger partial charge in [0.2, 0.25) is 0 Å². The maximum Gasteiger partial charge on any atom is 0.191 e. The molecule has 0 radical (unpaired) electrons. The first-order chi connectivity index (χ1) is 13.2. The molecular formula is C21H37IN4O2S. The largest absolute Gasteiger partial charge is 0.357 e. The van der Waals surface area contributed by atoms with E-state index >= 15 is 0 Å². The smallest absolute Gasteiger partial charge is 0.191 e. The van der Waals surface area contributed by atoms with Crippen molar-refractivity contribution >= 4 is 39.8 Å². The van der Waals surface area contributed by atoms with E-state index in [2.05, 4.69) is 44.8 Å². The first-order valence-corrected chi connectivity index (χ1v) is 11.9. The summed E-state index contributed by atoms with van der Waals surface area (Å²) in [7, 11) is -3.14. The van der Waals surface area contributed by atoms with Crippen LogP contribution in [-0.4, -0.2) is 56.0 Å². The Labute approximate surface area is 193 Å². The fourth-order valence-corrected chi connectivity index (χ4v) is 4.05. The van der Waals surface area contributed by atoms with Crippen molar-refractivity contribution in [1.29, 1.82) is 0 Å². The highest BCUT2D eigenvalue weighted by atomic mass is 127. The summed E-state index contributed by atoms with van der Waals surface area (Å²) >= 11 is 0. The Morgan fingerprint density at radius 3 is 2.21 bits per heavy atom. The van der Waals surface area contributed by atoms with Gasteiger partial charge in [-0.05, 0) is 64.8 Å². The molecule has 1 fully saturated rings. The minimum atomic E-state index is -3.14. The number of nitrogens with one attached hydrogen (secondary N) is 2. The molecule has 0 unspecified atom stereocenters. The summed E-state index contributed by atoms with van der Waals surface area (Å²) < 4.78 is 23.7. The number of nitrogens with zero attached hydrogens (tertiary/aromatic N) is 2. The van der Waals surface area contributed by atoms with Crippen LogP contribution in [0.25, 0.3) is 0 Å². The van der Waals surface area contributed by atoms with E-state index < -0.39 is 14.6 Å². The Kier molecular flexibility index (Phi) is 10.9. The van der Waals surface area contributed by atoms with Gasteiger partial charge < -0.3 is 10.6 Å². The topological polar surface area (TPSA) is 73.8 Å². The Balaban J connectivity index is 0.00000420. The van der Waals surface area contributed by atoms with E-state index in [4.69, 9.17) is 0 Å². The summed E-state index contributed by atoms with van der Waals surface area (Å²) in [5.74, 6) is 0.735. The lowest BCUT2D eigenvalue weighted by atomic mass is 10.1. The molecule has 0 atom stereocenters. The quantitative estimate of drug-likeness (QED) is 0.304. The van der Waals surface area contributed by atoms with Gasteiger partial charge in [-0.1, -0.05) is 24.3 Å². The van der Waals surface area contributed by atoms with Crippen molar-refractivity contribution < 1.29 is 8.42 Å². The highest BCUT2D eigenvalue weighted by molar-refractivity contribution is 14.0. The fourth-order valence-electron chi connectivity index (χ4n) is 3.07. The van der Waals surface area contributed by atoms with Crippen LogP contribution in [0.1, 0.15) is 51.7 Å². The van der Waals surface area contributed by atoms with Gasteiger partial charge in [-0.2, -0.15) is 0 Å². The van der Waals surface area contributed by atoms with Crippen LogP contribution in [0.2, 0.25) is 0 Å². The molecule has 6 nitrogen and oxygen atoms in total. The van der Waals surface area contributed by atoms with E-state index in [0.717, 1.165) is 18.7 Å². The predicted molar refractivity (Wildman–Crippen MR) is 133 cm³/mol. The van der Waals surface area contributed by atoms with E-state index in [0.29, 0.717) is 19.0 Å². The molecule has 1 aliphatic rings. The molecule has 2 rings (SSSR count). The number of sulfone groups is 1. The number of aliphatic imine (C=N–C) groups is 1. The monoisotopic (exact) mass is 536 g/mol. The lowest BCUT2D eigenvalue weighted by molar-refractivity contribution is 0.331. The number of halogens is 1. The summed E-state index contributed by atoms with van der Waals surface area (Å²) in [5.41, 5.74) is 2.48. The van der Waals surface area contributed by atoms with Crippen molar-refractivity contribution in [3.8, 4) is 0 Å². The summed E-state index contributed by atoms with van der Waals surface area (Å²) in [4.78, 5) is 7.08. The van der Waals surface area contributed by atoms with Gasteiger partial charge in [0.25, 0.3) is 0 Å². The summed E-state index contributed by atoms with van der Waals surface area (Å²) in [5, 5.41) is 6.31. The minimum absolute atomic E-state index is 0. The Morgan fingerprint density at radius 2 is 1.66 bits per heavy atom. The number of hydrogen-bond acceptors (Lipinski definition) is 4. The van der Waals surface area contributed by atoms with Gasteiger partial charge in [-0.3, -0.25) is 4.90 Å². The molecule has 1 aliphatic heterocycles. The van der Waals surface area contributed by atoms with Gasteiger partial charge in [-0.15, -0.1) is 24.0 Å². The normalized spacial score (nSPS) is 15.8. The molecule has 29 heavy (non-hydrogen) atoms. The molecule has 0 aliphatic carbocycles. The van der Waals surface area contributed by atoms with Crippen molar-refractivity contribution in [1.82, 2.24) is 15.5 Å². The molecule has 0 amide bonds. The van der Waals surface area contributed by atoms with E-state index in [1.54, 1.807) is 20.8 Å². The number of rotatable bonds is 8. The first-order valence-electron chi connectivity index (χ1n) is 10.3. The lowest BCUT2D eigenvalue weighted by Gasteiger charge is -2.19. The zero-order valence-corrected chi connectivity index (χ0v) is 21.3. The van der Waals surface area contributed by atoms with Gasteiger partial charge in [-0.25, -0.2) is 13.4 Å². The number of guanidine groups is 1. The fraction of sp³-hybridized carbons (Fsp3) is 0.667. The second-order valence-corrected chi connectivity index (χ2v) is 11.2. The van der Waals surface area contributed by atoms with E-state index in [9.17, 15) is 8.42 Å². The molecule has 1 heterocycles. The lowest BCUT2D eigenvalue weighted by Crippen LogP contribution is -2.41. The zero-order chi connectivity index (χ0) is 20.6. The summed E-state index contributed by atoms with van der Waals surface area (Å²) in [6.45, 7) is 12.3. The average Bonchev–Trinajstić information content (AvgIpc) is 3.13. The Bertz CT molecular complexity index is 737. The van der Waals surface area contributed by atoms with Gasteiger partial charge in [0, 0.05) is 19.6 Å². The number of hydrogen-bond donors (Lipinski definition) is 2. The van der Waals surface area contributed by atoms with Gasteiger partial charge in [0.05, 0.1) is 17.0 Å². The van der Waals surface area contributed by atoms with Crippen LogP contribution in [0.15, 0.2) is 29.3 Å². The number of benzene rings is 1. The van der Waals surface area contributed by atoms with Gasteiger partial charge in [0.1, 0.15) is 0 Å². The maximum absolute atomic E-state index is 12.2. The van der Waals surface area contributed by atoms with Crippen LogP contribution < -0.4 is 10.6 Å². The Morgan fingerprint density at radius 1 is 1.07 bits per heavy atom. The van der Waals surface area contributed by atoms with Crippen LogP contribution >= 0.6 is 24.0 Å². The van der Waals surface area contributed by atoms with Crippen LogP contribution in [0, 0.1) is 0 Å². The predicted octanol–water partition coefficient (Wildman–Crippen LogP) is 3.17. The molecule has 1 saturated heterocycles. The van der Waals surface area contributed by atoms with Gasteiger partial charge in [0.15, 0.2) is 15.8 Å². The maximum atomic E-state index is 12.2. The second kappa shape index (κ2) is 12.1. The molecule has 0 aromatic heterocycles.